The third kappa shape index (κ3) is 2.60. The Kier molecular flexibility index (Phi) is 4.43. The fourth-order valence-electron chi connectivity index (χ4n) is 2.29. The smallest absolute Gasteiger partial charge is 0.272 e. The van der Waals surface area contributed by atoms with Gasteiger partial charge in [0.15, 0.2) is 0 Å². The third-order valence-electron chi connectivity index (χ3n) is 3.61. The second kappa shape index (κ2) is 5.87. The largest absolute Gasteiger partial charge is 0.334 e. The van der Waals surface area contributed by atoms with Gasteiger partial charge in [0.05, 0.1) is 5.69 Å². The molecule has 0 unspecified atom stereocenters. The highest BCUT2D eigenvalue weighted by Gasteiger charge is 2.30. The lowest BCUT2D eigenvalue weighted by atomic mass is 9.91. The maximum absolute atomic E-state index is 12.6. The highest BCUT2D eigenvalue weighted by atomic mass is 79.9. The van der Waals surface area contributed by atoms with Gasteiger partial charge in [-0.2, -0.15) is 5.10 Å². The summed E-state index contributed by atoms with van der Waals surface area (Å²) in [6.07, 6.45) is 4.37. The number of hydrogen-bond acceptors (Lipinski definition) is 2. The Morgan fingerprint density at radius 1 is 1.61 bits per heavy atom. The van der Waals surface area contributed by atoms with Crippen LogP contribution in [0, 0.1) is 0 Å². The molecule has 1 aliphatic rings. The van der Waals surface area contributed by atoms with Crippen LogP contribution in [-0.4, -0.2) is 38.5 Å². The van der Waals surface area contributed by atoms with Crippen LogP contribution in [0.5, 0.6) is 0 Å². The number of alkyl halides is 1. The molecule has 1 aliphatic carbocycles. The first-order valence-electron chi connectivity index (χ1n) is 6.57. The zero-order valence-corrected chi connectivity index (χ0v) is 12.6. The number of halogens is 1. The van der Waals surface area contributed by atoms with Crippen molar-refractivity contribution in [2.45, 2.75) is 38.6 Å². The Labute approximate surface area is 116 Å². The summed E-state index contributed by atoms with van der Waals surface area (Å²) in [4.78, 5) is 14.6. The molecule has 0 bridgehead atoms. The minimum atomic E-state index is 0.119. The monoisotopic (exact) mass is 313 g/mol. The number of hydrogen-bond donors (Lipinski definition) is 0. The van der Waals surface area contributed by atoms with E-state index in [9.17, 15) is 4.79 Å². The second-order valence-corrected chi connectivity index (χ2v) is 5.56. The van der Waals surface area contributed by atoms with E-state index in [2.05, 4.69) is 28.0 Å². The molecule has 0 radical (unpaired) electrons. The van der Waals surface area contributed by atoms with Gasteiger partial charge in [0.2, 0.25) is 0 Å². The van der Waals surface area contributed by atoms with Gasteiger partial charge < -0.3 is 4.90 Å². The average Bonchev–Trinajstić information content (AvgIpc) is 2.67. The van der Waals surface area contributed by atoms with Crippen LogP contribution >= 0.6 is 15.9 Å². The fraction of sp³-hybridized carbons (Fsp3) is 0.692. The van der Waals surface area contributed by atoms with Gasteiger partial charge in [-0.15, -0.1) is 0 Å². The van der Waals surface area contributed by atoms with Crippen molar-refractivity contribution in [1.29, 1.82) is 0 Å². The van der Waals surface area contributed by atoms with Crippen molar-refractivity contribution in [3.8, 4) is 0 Å². The number of aryl methyl sites for hydroxylation is 2. The van der Waals surface area contributed by atoms with Crippen LogP contribution in [0.3, 0.4) is 0 Å². The lowest BCUT2D eigenvalue weighted by Gasteiger charge is -2.37. The summed E-state index contributed by atoms with van der Waals surface area (Å²) in [5.41, 5.74) is 1.69. The quantitative estimate of drug-likeness (QED) is 0.783. The van der Waals surface area contributed by atoms with Gasteiger partial charge in [0.1, 0.15) is 5.69 Å². The SMILES string of the molecule is CCc1cc(C(=O)N(CCBr)C2CCC2)n(C)n1. The van der Waals surface area contributed by atoms with E-state index in [0.29, 0.717) is 11.7 Å². The predicted molar refractivity (Wildman–Crippen MR) is 75.1 cm³/mol. The van der Waals surface area contributed by atoms with E-state index >= 15 is 0 Å². The molecular formula is C13H20BrN3O. The van der Waals surface area contributed by atoms with Gasteiger partial charge >= 0.3 is 0 Å². The standard InChI is InChI=1S/C13H20BrN3O/c1-3-10-9-12(16(2)15-10)13(18)17(8-7-14)11-5-4-6-11/h9,11H,3-8H2,1-2H3. The number of nitrogens with zero attached hydrogens (tertiary/aromatic N) is 3. The first-order valence-corrected chi connectivity index (χ1v) is 7.69. The van der Waals surface area contributed by atoms with Crippen LogP contribution in [0.4, 0.5) is 0 Å². The van der Waals surface area contributed by atoms with Crippen molar-refractivity contribution >= 4 is 21.8 Å². The molecular weight excluding hydrogens is 294 g/mol. The Bertz CT molecular complexity index is 426. The highest BCUT2D eigenvalue weighted by Crippen LogP contribution is 2.26. The molecule has 4 nitrogen and oxygen atoms in total. The molecule has 0 aliphatic heterocycles. The molecule has 0 atom stereocenters. The van der Waals surface area contributed by atoms with E-state index in [0.717, 1.165) is 36.8 Å². The molecule has 0 N–H and O–H groups in total. The molecule has 1 aromatic heterocycles. The van der Waals surface area contributed by atoms with Crippen molar-refractivity contribution in [1.82, 2.24) is 14.7 Å². The van der Waals surface area contributed by atoms with Crippen molar-refractivity contribution < 1.29 is 4.79 Å². The van der Waals surface area contributed by atoms with Gasteiger partial charge in [-0.25, -0.2) is 0 Å². The van der Waals surface area contributed by atoms with E-state index in [-0.39, 0.29) is 5.91 Å². The predicted octanol–water partition coefficient (Wildman–Crippen LogP) is 2.37. The van der Waals surface area contributed by atoms with E-state index in [1.807, 2.05) is 18.0 Å². The summed E-state index contributed by atoms with van der Waals surface area (Å²) in [5.74, 6) is 0.119. The van der Waals surface area contributed by atoms with Crippen LogP contribution in [0.1, 0.15) is 42.4 Å². The van der Waals surface area contributed by atoms with Gasteiger partial charge in [-0.05, 0) is 31.7 Å². The van der Waals surface area contributed by atoms with E-state index < -0.39 is 0 Å². The van der Waals surface area contributed by atoms with Crippen molar-refractivity contribution in [2.75, 3.05) is 11.9 Å². The number of aromatic nitrogens is 2. The summed E-state index contributed by atoms with van der Waals surface area (Å²) in [6, 6.07) is 2.34. The molecule has 1 heterocycles. The molecule has 5 heteroatoms. The maximum atomic E-state index is 12.6. The van der Waals surface area contributed by atoms with Crippen LogP contribution in [0.2, 0.25) is 0 Å². The van der Waals surface area contributed by atoms with Gasteiger partial charge in [0.25, 0.3) is 5.91 Å². The summed E-state index contributed by atoms with van der Waals surface area (Å²) >= 11 is 3.43. The Hall–Kier alpha value is -0.840. The topological polar surface area (TPSA) is 38.1 Å². The van der Waals surface area contributed by atoms with Crippen molar-refractivity contribution in [2.24, 2.45) is 7.05 Å². The Morgan fingerprint density at radius 3 is 2.78 bits per heavy atom. The molecule has 0 saturated heterocycles. The van der Waals surface area contributed by atoms with Gasteiger partial charge in [0, 0.05) is 25.0 Å². The van der Waals surface area contributed by atoms with Crippen LogP contribution < -0.4 is 0 Å². The Morgan fingerprint density at radius 2 is 2.33 bits per heavy atom. The number of amides is 1. The average molecular weight is 314 g/mol. The van der Waals surface area contributed by atoms with Crippen LogP contribution in [0.15, 0.2) is 6.07 Å². The summed E-state index contributed by atoms with van der Waals surface area (Å²) < 4.78 is 1.71. The molecule has 1 amide bonds. The van der Waals surface area contributed by atoms with Gasteiger partial charge in [-0.1, -0.05) is 22.9 Å². The van der Waals surface area contributed by atoms with Crippen LogP contribution in [-0.2, 0) is 13.5 Å². The molecule has 0 aromatic carbocycles. The number of carbonyl (C=O) groups is 1. The number of carbonyl (C=O) groups excluding carboxylic acids is 1. The molecule has 100 valence electrons. The highest BCUT2D eigenvalue weighted by molar-refractivity contribution is 9.09. The molecule has 1 fully saturated rings. The van der Waals surface area contributed by atoms with E-state index in [4.69, 9.17) is 0 Å². The normalized spacial score (nSPS) is 15.5. The van der Waals surface area contributed by atoms with Gasteiger partial charge in [-0.3, -0.25) is 9.48 Å². The first kappa shape index (κ1) is 13.6. The van der Waals surface area contributed by atoms with E-state index in [1.165, 1.54) is 6.42 Å². The molecule has 2 rings (SSSR count). The maximum Gasteiger partial charge on any atom is 0.272 e. The zero-order valence-electron chi connectivity index (χ0n) is 11.0. The second-order valence-electron chi connectivity index (χ2n) is 4.77. The zero-order chi connectivity index (χ0) is 13.1. The van der Waals surface area contributed by atoms with E-state index in [1.54, 1.807) is 4.68 Å². The first-order chi connectivity index (χ1) is 8.67. The fourth-order valence-corrected chi connectivity index (χ4v) is 2.67. The third-order valence-corrected chi connectivity index (χ3v) is 3.97. The molecule has 1 aromatic rings. The summed E-state index contributed by atoms with van der Waals surface area (Å²) in [7, 11) is 1.85. The summed E-state index contributed by atoms with van der Waals surface area (Å²) in [5, 5.41) is 5.18. The summed E-state index contributed by atoms with van der Waals surface area (Å²) in [6.45, 7) is 2.83. The minimum absolute atomic E-state index is 0.119. The minimum Gasteiger partial charge on any atom is -0.334 e. The molecule has 18 heavy (non-hydrogen) atoms. The molecule has 0 spiro atoms. The van der Waals surface area contributed by atoms with Crippen LogP contribution in [0.25, 0.3) is 0 Å². The lowest BCUT2D eigenvalue weighted by molar-refractivity contribution is 0.0588. The van der Waals surface area contributed by atoms with Crippen molar-refractivity contribution in [3.05, 3.63) is 17.5 Å². The number of rotatable bonds is 5. The lowest BCUT2D eigenvalue weighted by Crippen LogP contribution is -2.45. The Balaban J connectivity index is 2.18. The van der Waals surface area contributed by atoms with Crippen molar-refractivity contribution in [3.63, 3.8) is 0 Å². The molecule has 1 saturated carbocycles.